The van der Waals surface area contributed by atoms with Gasteiger partial charge in [-0.2, -0.15) is 0 Å². The van der Waals surface area contributed by atoms with Crippen molar-refractivity contribution in [1.29, 1.82) is 5.41 Å². The summed E-state index contributed by atoms with van der Waals surface area (Å²) in [5.41, 5.74) is 6.84. The highest BCUT2D eigenvalue weighted by molar-refractivity contribution is 5.73. The van der Waals surface area contributed by atoms with Crippen molar-refractivity contribution in [1.82, 2.24) is 10.6 Å². The van der Waals surface area contributed by atoms with Crippen molar-refractivity contribution in [3.05, 3.63) is 0 Å². The molecule has 0 amide bonds. The van der Waals surface area contributed by atoms with Crippen LogP contribution in [0.3, 0.4) is 0 Å². The second-order valence-electron chi connectivity index (χ2n) is 1.52. The average Bonchev–Trinajstić information content (AvgIpc) is 1.69. The third-order valence-electron chi connectivity index (χ3n) is 1.08. The van der Waals surface area contributed by atoms with E-state index < -0.39 is 0 Å². The summed E-state index contributed by atoms with van der Waals surface area (Å²) < 4.78 is 0. The molecule has 47 valence electrons. The Morgan fingerprint density at radius 1 is 1.38 bits per heavy atom. The van der Waals surface area contributed by atoms with Gasteiger partial charge in [0.15, 0.2) is 0 Å². The first kappa shape index (κ1) is 7.27. The lowest BCUT2D eigenvalue weighted by molar-refractivity contribution is 0.455. The molecule has 0 aromatic carbocycles. The third-order valence-corrected chi connectivity index (χ3v) is 1.08. The quantitative estimate of drug-likeness (QED) is 0.413. The highest BCUT2D eigenvalue weighted by atomic mass is 15.2. The first-order valence-electron chi connectivity index (χ1n) is 2.77. The summed E-state index contributed by atoms with van der Waals surface area (Å²) >= 11 is 0. The second kappa shape index (κ2) is 3.29. The fraction of sp³-hybridized carbons (Fsp3) is 0.800. The molecule has 0 fully saturated rings. The predicted octanol–water partition coefficient (Wildman–Crippen LogP) is 0.546. The van der Waals surface area contributed by atoms with Crippen LogP contribution in [-0.4, -0.2) is 23.9 Å². The standard InChI is InChI=1S/C5H12N3/c1-3-8(4-2)5(6)7/h6-7H,3-4H2,1-2H3. The van der Waals surface area contributed by atoms with E-state index in [1.165, 1.54) is 0 Å². The van der Waals surface area contributed by atoms with Gasteiger partial charge in [0.1, 0.15) is 0 Å². The van der Waals surface area contributed by atoms with Gasteiger partial charge in [-0.05, 0) is 13.8 Å². The highest BCUT2D eigenvalue weighted by Gasteiger charge is 1.97. The Hall–Kier alpha value is -0.730. The van der Waals surface area contributed by atoms with Crippen LogP contribution in [0.1, 0.15) is 13.8 Å². The van der Waals surface area contributed by atoms with Crippen molar-refractivity contribution in [2.45, 2.75) is 13.8 Å². The van der Waals surface area contributed by atoms with Crippen molar-refractivity contribution in [2.24, 2.45) is 0 Å². The summed E-state index contributed by atoms with van der Waals surface area (Å²) in [5.74, 6) is -0.0880. The number of nitrogens with one attached hydrogen (secondary N) is 2. The van der Waals surface area contributed by atoms with Crippen molar-refractivity contribution >= 4 is 5.96 Å². The van der Waals surface area contributed by atoms with E-state index in [0.717, 1.165) is 13.1 Å². The fourth-order valence-electron chi connectivity index (χ4n) is 0.540. The SMILES string of the molecule is CCN(CC)C([NH])=N. The third kappa shape index (κ3) is 1.82. The Morgan fingerprint density at radius 3 is 1.75 bits per heavy atom. The van der Waals surface area contributed by atoms with Crippen molar-refractivity contribution in [3.63, 3.8) is 0 Å². The molecule has 0 atom stereocenters. The zero-order valence-corrected chi connectivity index (χ0v) is 5.36. The smallest absolute Gasteiger partial charge is 0.210 e. The summed E-state index contributed by atoms with van der Waals surface area (Å²) in [4.78, 5) is 1.67. The van der Waals surface area contributed by atoms with Crippen molar-refractivity contribution in [2.75, 3.05) is 13.1 Å². The lowest BCUT2D eigenvalue weighted by Gasteiger charge is -2.15. The predicted molar refractivity (Wildman–Crippen MR) is 33.7 cm³/mol. The van der Waals surface area contributed by atoms with E-state index in [0.29, 0.717) is 0 Å². The summed E-state index contributed by atoms with van der Waals surface area (Å²) in [6, 6.07) is 0. The van der Waals surface area contributed by atoms with E-state index in [4.69, 9.17) is 11.1 Å². The van der Waals surface area contributed by atoms with Crippen LogP contribution >= 0.6 is 0 Å². The van der Waals surface area contributed by atoms with E-state index in [-0.39, 0.29) is 5.96 Å². The molecule has 8 heavy (non-hydrogen) atoms. The molecule has 0 aliphatic rings. The minimum Gasteiger partial charge on any atom is -0.342 e. The molecule has 0 unspecified atom stereocenters. The van der Waals surface area contributed by atoms with E-state index in [1.54, 1.807) is 4.90 Å². The van der Waals surface area contributed by atoms with E-state index in [1.807, 2.05) is 13.8 Å². The summed E-state index contributed by atoms with van der Waals surface area (Å²) in [5, 5.41) is 6.84. The first-order chi connectivity index (χ1) is 3.72. The van der Waals surface area contributed by atoms with Crippen molar-refractivity contribution < 1.29 is 0 Å². The Kier molecular flexibility index (Phi) is 2.99. The van der Waals surface area contributed by atoms with Gasteiger partial charge in [-0.3, -0.25) is 11.1 Å². The van der Waals surface area contributed by atoms with Gasteiger partial charge in [0.05, 0.1) is 0 Å². The average molecular weight is 114 g/mol. The molecule has 0 heterocycles. The van der Waals surface area contributed by atoms with Gasteiger partial charge in [-0.15, -0.1) is 0 Å². The van der Waals surface area contributed by atoms with Gasteiger partial charge in [-0.1, -0.05) is 0 Å². The maximum Gasteiger partial charge on any atom is 0.210 e. The summed E-state index contributed by atoms with van der Waals surface area (Å²) in [6.45, 7) is 5.40. The topological polar surface area (TPSA) is 50.9 Å². The number of hydrogen-bond acceptors (Lipinski definition) is 1. The summed E-state index contributed by atoms with van der Waals surface area (Å²) in [7, 11) is 0. The number of hydrogen-bond donors (Lipinski definition) is 1. The van der Waals surface area contributed by atoms with Crippen LogP contribution in [-0.2, 0) is 0 Å². The van der Waals surface area contributed by atoms with Gasteiger partial charge in [0.2, 0.25) is 5.96 Å². The van der Waals surface area contributed by atoms with E-state index in [2.05, 4.69) is 0 Å². The molecule has 2 N–H and O–H groups in total. The molecule has 0 spiro atoms. The minimum atomic E-state index is -0.0880. The molecule has 3 nitrogen and oxygen atoms in total. The summed E-state index contributed by atoms with van der Waals surface area (Å²) in [6.07, 6.45) is 0. The molecule has 1 radical (unpaired) electrons. The fourth-order valence-corrected chi connectivity index (χ4v) is 0.540. The van der Waals surface area contributed by atoms with Crippen LogP contribution in [0.5, 0.6) is 0 Å². The van der Waals surface area contributed by atoms with Crippen LogP contribution in [0.25, 0.3) is 0 Å². The zero-order valence-electron chi connectivity index (χ0n) is 5.36. The van der Waals surface area contributed by atoms with Gasteiger partial charge in [0, 0.05) is 13.1 Å². The normalized spacial score (nSPS) is 8.75. The molecule has 0 rings (SSSR count). The molecule has 0 bridgehead atoms. The van der Waals surface area contributed by atoms with Crippen LogP contribution in [0, 0.1) is 5.41 Å². The number of nitrogens with zero attached hydrogens (tertiary/aromatic N) is 1. The molecule has 0 aliphatic heterocycles. The highest BCUT2D eigenvalue weighted by Crippen LogP contribution is 1.82. The largest absolute Gasteiger partial charge is 0.342 e. The van der Waals surface area contributed by atoms with Crippen LogP contribution in [0.2, 0.25) is 0 Å². The number of guanidine groups is 1. The molecule has 0 aromatic heterocycles. The zero-order chi connectivity index (χ0) is 6.57. The van der Waals surface area contributed by atoms with Crippen LogP contribution in [0.15, 0.2) is 0 Å². The van der Waals surface area contributed by atoms with E-state index >= 15 is 0 Å². The molecule has 0 saturated carbocycles. The van der Waals surface area contributed by atoms with Gasteiger partial charge in [0.25, 0.3) is 0 Å². The van der Waals surface area contributed by atoms with Gasteiger partial charge >= 0.3 is 0 Å². The Labute approximate surface area is 50.0 Å². The Morgan fingerprint density at radius 2 is 1.75 bits per heavy atom. The maximum absolute atomic E-state index is 6.84. The molecule has 0 aromatic rings. The lowest BCUT2D eigenvalue weighted by Crippen LogP contribution is -2.30. The minimum absolute atomic E-state index is 0.0880. The molecule has 0 aliphatic carbocycles. The first-order valence-corrected chi connectivity index (χ1v) is 2.77. The molecule has 0 saturated heterocycles. The monoisotopic (exact) mass is 114 g/mol. The van der Waals surface area contributed by atoms with Crippen molar-refractivity contribution in [3.8, 4) is 0 Å². The Balaban J connectivity index is 3.52. The van der Waals surface area contributed by atoms with E-state index in [9.17, 15) is 0 Å². The van der Waals surface area contributed by atoms with Crippen LogP contribution < -0.4 is 5.73 Å². The Bertz CT molecular complexity index is 75.7. The van der Waals surface area contributed by atoms with Crippen LogP contribution in [0.4, 0.5) is 0 Å². The maximum atomic E-state index is 6.84. The van der Waals surface area contributed by atoms with Gasteiger partial charge in [-0.25, -0.2) is 0 Å². The number of rotatable bonds is 2. The second-order valence-corrected chi connectivity index (χ2v) is 1.52. The molecule has 3 heteroatoms. The molecular formula is C5H12N3. The molecular weight excluding hydrogens is 102 g/mol. The lowest BCUT2D eigenvalue weighted by atomic mass is 10.5. The van der Waals surface area contributed by atoms with Gasteiger partial charge < -0.3 is 4.90 Å².